The summed E-state index contributed by atoms with van der Waals surface area (Å²) in [4.78, 5) is 72.8. The summed E-state index contributed by atoms with van der Waals surface area (Å²) in [5.74, 6) is 0.281. The summed E-state index contributed by atoms with van der Waals surface area (Å²) >= 11 is 0. The Kier molecular flexibility index (Phi) is 68.1. The van der Waals surface area contributed by atoms with E-state index < -0.39 is 97.5 Å². The number of ether oxygens (including phenoxy) is 4. The third kappa shape index (κ3) is 71.1. The molecule has 0 saturated heterocycles. The van der Waals surface area contributed by atoms with Crippen molar-refractivity contribution in [2.75, 3.05) is 39.6 Å². The van der Waals surface area contributed by atoms with Crippen LogP contribution in [0.4, 0.5) is 0 Å². The van der Waals surface area contributed by atoms with Crippen molar-refractivity contribution in [2.45, 2.75) is 426 Å². The quantitative estimate of drug-likeness (QED) is 0.0222. The second kappa shape index (κ2) is 69.4. The number of carbonyl (C=O) groups excluding carboxylic acids is 4. The molecule has 0 amide bonds. The van der Waals surface area contributed by atoms with Crippen molar-refractivity contribution in [1.29, 1.82) is 0 Å². The first-order valence-electron chi connectivity index (χ1n) is 40.9. The molecule has 17 nitrogen and oxygen atoms in total. The molecule has 0 saturated carbocycles. The molecular formula is C79H154O17P2. The smallest absolute Gasteiger partial charge is 0.462 e. The van der Waals surface area contributed by atoms with Crippen molar-refractivity contribution < 1.29 is 80.2 Å². The van der Waals surface area contributed by atoms with Crippen molar-refractivity contribution in [2.24, 2.45) is 17.8 Å². The number of unbranched alkanes of at least 4 members (excludes halogenated alkanes) is 44. The zero-order valence-corrected chi connectivity index (χ0v) is 66.0. The predicted octanol–water partition coefficient (Wildman–Crippen LogP) is 23.4. The van der Waals surface area contributed by atoms with Gasteiger partial charge in [0.25, 0.3) is 0 Å². The molecule has 98 heavy (non-hydrogen) atoms. The SMILES string of the molecule is CCCCCCCCCCC(=O)OC[C@H](COP(=O)(O)OC[C@H](O)COP(=O)(O)OC[C@@H](COC(=O)CCCCCCCCCCCCCCCC(C)C)OC(=O)CCCCCCCCCCCCCCCCCCCCC(C)CC)OC(=O)CCCCCCCCCCCC(C)C. The Morgan fingerprint density at radius 1 is 0.296 bits per heavy atom. The number of aliphatic hydroxyl groups is 1. The first kappa shape index (κ1) is 96.1. The van der Waals surface area contributed by atoms with Gasteiger partial charge < -0.3 is 33.8 Å². The number of phosphoric acid groups is 2. The number of phosphoric ester groups is 2. The molecule has 0 rings (SSSR count). The van der Waals surface area contributed by atoms with Crippen molar-refractivity contribution in [3.63, 3.8) is 0 Å². The fourth-order valence-electron chi connectivity index (χ4n) is 12.1. The Labute approximate surface area is 600 Å². The van der Waals surface area contributed by atoms with Gasteiger partial charge in [0, 0.05) is 25.7 Å². The average molecular weight is 1440 g/mol. The molecule has 0 aromatic rings. The molecule has 0 aliphatic heterocycles. The first-order valence-corrected chi connectivity index (χ1v) is 43.9. The third-order valence-corrected chi connectivity index (χ3v) is 20.6. The molecule has 0 aromatic carbocycles. The van der Waals surface area contributed by atoms with Crippen LogP contribution in [0.3, 0.4) is 0 Å². The van der Waals surface area contributed by atoms with Crippen LogP contribution < -0.4 is 0 Å². The van der Waals surface area contributed by atoms with Gasteiger partial charge in [0.1, 0.15) is 19.3 Å². The lowest BCUT2D eigenvalue weighted by molar-refractivity contribution is -0.161. The third-order valence-electron chi connectivity index (χ3n) is 18.7. The van der Waals surface area contributed by atoms with Crippen LogP contribution in [0.1, 0.15) is 408 Å². The summed E-state index contributed by atoms with van der Waals surface area (Å²) < 4.78 is 68.5. The highest BCUT2D eigenvalue weighted by molar-refractivity contribution is 7.47. The van der Waals surface area contributed by atoms with Crippen LogP contribution >= 0.6 is 15.6 Å². The first-order chi connectivity index (χ1) is 47.3. The zero-order valence-electron chi connectivity index (χ0n) is 64.3. The van der Waals surface area contributed by atoms with Gasteiger partial charge in [0.2, 0.25) is 0 Å². The van der Waals surface area contributed by atoms with Crippen LogP contribution in [0.25, 0.3) is 0 Å². The molecular weight excluding hydrogens is 1280 g/mol. The van der Waals surface area contributed by atoms with Crippen LogP contribution in [-0.4, -0.2) is 96.7 Å². The molecule has 3 unspecified atom stereocenters. The average Bonchev–Trinajstić information content (AvgIpc) is 0.975. The fourth-order valence-corrected chi connectivity index (χ4v) is 13.7. The van der Waals surface area contributed by atoms with Gasteiger partial charge in [-0.25, -0.2) is 9.13 Å². The number of rotatable bonds is 77. The van der Waals surface area contributed by atoms with E-state index in [1.54, 1.807) is 0 Å². The van der Waals surface area contributed by atoms with Gasteiger partial charge in [-0.1, -0.05) is 357 Å². The van der Waals surface area contributed by atoms with Gasteiger partial charge in [-0.3, -0.25) is 37.3 Å². The van der Waals surface area contributed by atoms with Crippen LogP contribution in [0, 0.1) is 17.8 Å². The Bertz CT molecular complexity index is 1910. The highest BCUT2D eigenvalue weighted by atomic mass is 31.2. The summed E-state index contributed by atoms with van der Waals surface area (Å²) in [5.41, 5.74) is 0. The monoisotopic (exact) mass is 1440 g/mol. The van der Waals surface area contributed by atoms with Crippen molar-refractivity contribution in [3.05, 3.63) is 0 Å². The van der Waals surface area contributed by atoms with Gasteiger partial charge in [-0.15, -0.1) is 0 Å². The molecule has 0 bridgehead atoms. The highest BCUT2D eigenvalue weighted by Gasteiger charge is 2.30. The van der Waals surface area contributed by atoms with E-state index in [1.807, 2.05) is 0 Å². The van der Waals surface area contributed by atoms with E-state index in [9.17, 15) is 43.2 Å². The van der Waals surface area contributed by atoms with Crippen LogP contribution in [0.2, 0.25) is 0 Å². The second-order valence-corrected chi connectivity index (χ2v) is 32.6. The maximum atomic E-state index is 13.1. The van der Waals surface area contributed by atoms with Crippen LogP contribution in [0.15, 0.2) is 0 Å². The minimum Gasteiger partial charge on any atom is -0.462 e. The molecule has 19 heteroatoms. The maximum Gasteiger partial charge on any atom is 0.472 e. The van der Waals surface area contributed by atoms with E-state index >= 15 is 0 Å². The normalized spacial score (nSPS) is 14.3. The van der Waals surface area contributed by atoms with Crippen LogP contribution in [0.5, 0.6) is 0 Å². The van der Waals surface area contributed by atoms with Gasteiger partial charge in [-0.2, -0.15) is 0 Å². The van der Waals surface area contributed by atoms with Gasteiger partial charge in [-0.05, 0) is 43.4 Å². The highest BCUT2D eigenvalue weighted by Crippen LogP contribution is 2.45. The van der Waals surface area contributed by atoms with Gasteiger partial charge in [0.15, 0.2) is 12.2 Å². The lowest BCUT2D eigenvalue weighted by atomic mass is 9.99. The molecule has 3 N–H and O–H groups in total. The zero-order chi connectivity index (χ0) is 72.3. The van der Waals surface area contributed by atoms with E-state index in [2.05, 4.69) is 48.5 Å². The molecule has 0 aliphatic rings. The summed E-state index contributed by atoms with van der Waals surface area (Å²) in [6.45, 7) is 12.0. The Morgan fingerprint density at radius 2 is 0.520 bits per heavy atom. The minimum atomic E-state index is -4.96. The number of hydrogen-bond acceptors (Lipinski definition) is 15. The Balaban J connectivity index is 5.18. The van der Waals surface area contributed by atoms with E-state index in [-0.39, 0.29) is 25.7 Å². The lowest BCUT2D eigenvalue weighted by Crippen LogP contribution is -2.30. The second-order valence-electron chi connectivity index (χ2n) is 29.6. The largest absolute Gasteiger partial charge is 0.472 e. The summed E-state index contributed by atoms with van der Waals surface area (Å²) in [7, 11) is -9.91. The fraction of sp³-hybridized carbons (Fsp3) is 0.949. The van der Waals surface area contributed by atoms with Crippen molar-refractivity contribution in [1.82, 2.24) is 0 Å². The topological polar surface area (TPSA) is 237 Å². The molecule has 0 heterocycles. The number of hydrogen-bond donors (Lipinski definition) is 3. The van der Waals surface area contributed by atoms with E-state index in [4.69, 9.17) is 37.0 Å². The molecule has 0 aromatic heterocycles. The molecule has 0 radical (unpaired) electrons. The molecule has 582 valence electrons. The molecule has 0 fully saturated rings. The van der Waals surface area contributed by atoms with E-state index in [1.165, 1.54) is 212 Å². The number of esters is 4. The predicted molar refractivity (Wildman–Crippen MR) is 400 cm³/mol. The van der Waals surface area contributed by atoms with Crippen LogP contribution in [-0.2, 0) is 65.4 Å². The minimum absolute atomic E-state index is 0.105. The number of carbonyl (C=O) groups is 4. The van der Waals surface area contributed by atoms with Crippen molar-refractivity contribution >= 4 is 39.5 Å². The maximum absolute atomic E-state index is 13.1. The molecule has 0 aliphatic carbocycles. The molecule has 6 atom stereocenters. The standard InChI is InChI=1S/C79H154O17P2/c1-8-10-11-12-13-39-46-53-60-76(81)89-66-74(96-79(84)63-56-49-42-35-29-31-37-44-51-58-71(5)6)68-93-97(85,86)91-64-73(80)65-92-98(87,88)94-69-75(67-90-77(82)61-54-47-40-33-27-24-20-21-25-30-36-43-50-57-70(3)4)95-78(83)62-55-48-41-34-28-23-19-17-15-14-16-18-22-26-32-38-45-52-59-72(7)9-2/h70-75,80H,8-69H2,1-7H3,(H,85,86)(H,87,88)/t72?,73-,74+,75+/m0/s1. The van der Waals surface area contributed by atoms with Gasteiger partial charge >= 0.3 is 39.5 Å². The summed E-state index contributed by atoms with van der Waals surface area (Å²) in [6, 6.07) is 0. The summed E-state index contributed by atoms with van der Waals surface area (Å²) in [6.07, 6.45) is 57.0. The Hall–Kier alpha value is -1.94. The van der Waals surface area contributed by atoms with E-state index in [0.717, 1.165) is 114 Å². The lowest BCUT2D eigenvalue weighted by Gasteiger charge is -2.21. The Morgan fingerprint density at radius 3 is 0.776 bits per heavy atom. The van der Waals surface area contributed by atoms with Crippen molar-refractivity contribution in [3.8, 4) is 0 Å². The van der Waals surface area contributed by atoms with Gasteiger partial charge in [0.05, 0.1) is 26.4 Å². The van der Waals surface area contributed by atoms with E-state index in [0.29, 0.717) is 25.7 Å². The molecule has 0 spiro atoms. The number of aliphatic hydroxyl groups excluding tert-OH is 1. The summed E-state index contributed by atoms with van der Waals surface area (Å²) in [5, 5.41) is 10.6.